The summed E-state index contributed by atoms with van der Waals surface area (Å²) in [7, 11) is 0. The molecular formula is C16H19Br2NO. The van der Waals surface area contributed by atoms with Crippen LogP contribution >= 0.6 is 31.9 Å². The summed E-state index contributed by atoms with van der Waals surface area (Å²) >= 11 is 7.11. The lowest BCUT2D eigenvalue weighted by Gasteiger charge is -2.21. The maximum Gasteiger partial charge on any atom is 0.105 e. The maximum absolute atomic E-state index is 5.61. The summed E-state index contributed by atoms with van der Waals surface area (Å²) in [6.07, 6.45) is 0. The van der Waals surface area contributed by atoms with Crippen LogP contribution < -0.4 is 5.32 Å². The first-order valence-electron chi connectivity index (χ1n) is 6.66. The topological polar surface area (TPSA) is 25.2 Å². The van der Waals surface area contributed by atoms with E-state index in [4.69, 9.17) is 4.42 Å². The van der Waals surface area contributed by atoms with Crippen LogP contribution in [-0.4, -0.2) is 0 Å². The van der Waals surface area contributed by atoms with E-state index in [1.165, 1.54) is 11.1 Å². The second-order valence-corrected chi connectivity index (χ2v) is 6.91. The van der Waals surface area contributed by atoms with Crippen molar-refractivity contribution in [3.63, 3.8) is 0 Å². The normalized spacial score (nSPS) is 14.3. The highest BCUT2D eigenvalue weighted by atomic mass is 79.9. The molecule has 0 bridgehead atoms. The first-order valence-corrected chi connectivity index (χ1v) is 8.25. The summed E-state index contributed by atoms with van der Waals surface area (Å²) in [5, 5.41) is 3.62. The highest BCUT2D eigenvalue weighted by molar-refractivity contribution is 9.11. The highest BCUT2D eigenvalue weighted by Gasteiger charge is 2.17. The minimum absolute atomic E-state index is 0.248. The first-order chi connectivity index (χ1) is 9.38. The van der Waals surface area contributed by atoms with Gasteiger partial charge in [-0.05, 0) is 51.5 Å². The van der Waals surface area contributed by atoms with Crippen LogP contribution in [0.3, 0.4) is 0 Å². The quantitative estimate of drug-likeness (QED) is 0.697. The van der Waals surface area contributed by atoms with Gasteiger partial charge in [0.25, 0.3) is 0 Å². The molecule has 0 fully saturated rings. The van der Waals surface area contributed by atoms with Gasteiger partial charge in [0.15, 0.2) is 0 Å². The summed E-state index contributed by atoms with van der Waals surface area (Å²) < 4.78 is 7.80. The maximum atomic E-state index is 5.61. The number of nitrogens with one attached hydrogen (secondary N) is 1. The summed E-state index contributed by atoms with van der Waals surface area (Å²) in [6.45, 7) is 8.34. The van der Waals surface area contributed by atoms with Gasteiger partial charge in [-0.15, -0.1) is 0 Å². The molecule has 2 nitrogen and oxygen atoms in total. The van der Waals surface area contributed by atoms with Gasteiger partial charge >= 0.3 is 0 Å². The molecule has 0 aliphatic rings. The Morgan fingerprint density at radius 1 is 1.00 bits per heavy atom. The lowest BCUT2D eigenvalue weighted by atomic mass is 10.0. The molecule has 0 aliphatic heterocycles. The molecule has 4 heteroatoms. The Balaban J connectivity index is 2.14. The molecule has 108 valence electrons. The van der Waals surface area contributed by atoms with Crippen molar-refractivity contribution in [1.29, 1.82) is 0 Å². The van der Waals surface area contributed by atoms with Crippen molar-refractivity contribution >= 4 is 31.9 Å². The van der Waals surface area contributed by atoms with Crippen molar-refractivity contribution in [2.24, 2.45) is 0 Å². The number of halogens is 2. The molecule has 0 saturated carbocycles. The molecule has 1 N–H and O–H groups in total. The van der Waals surface area contributed by atoms with E-state index >= 15 is 0 Å². The van der Waals surface area contributed by atoms with E-state index in [9.17, 15) is 0 Å². The standard InChI is InChI=1S/C16H19Br2NO/c1-9-7-15(12(4)20-9)11(3)19-10(2)14-6-5-13(17)8-16(14)18/h5-8,10-11,19H,1-4H3. The van der Waals surface area contributed by atoms with E-state index in [1.54, 1.807) is 0 Å². The third-order valence-corrected chi connectivity index (χ3v) is 4.65. The fourth-order valence-corrected chi connectivity index (χ4v) is 3.88. The van der Waals surface area contributed by atoms with Crippen LogP contribution in [0.5, 0.6) is 0 Å². The van der Waals surface area contributed by atoms with Crippen LogP contribution in [-0.2, 0) is 0 Å². The highest BCUT2D eigenvalue weighted by Crippen LogP contribution is 2.29. The van der Waals surface area contributed by atoms with E-state index in [0.29, 0.717) is 0 Å². The number of furan rings is 1. The van der Waals surface area contributed by atoms with Crippen molar-refractivity contribution < 1.29 is 4.42 Å². The van der Waals surface area contributed by atoms with Gasteiger partial charge in [0, 0.05) is 26.6 Å². The zero-order chi connectivity index (χ0) is 14.9. The zero-order valence-corrected chi connectivity index (χ0v) is 15.3. The third kappa shape index (κ3) is 3.54. The Morgan fingerprint density at radius 3 is 2.20 bits per heavy atom. The molecule has 2 atom stereocenters. The summed E-state index contributed by atoms with van der Waals surface area (Å²) in [4.78, 5) is 0. The lowest BCUT2D eigenvalue weighted by Crippen LogP contribution is -2.23. The fourth-order valence-electron chi connectivity index (χ4n) is 2.49. The summed E-state index contributed by atoms with van der Waals surface area (Å²) in [6, 6.07) is 8.88. The molecule has 2 aromatic rings. The zero-order valence-electron chi connectivity index (χ0n) is 12.1. The molecular weight excluding hydrogens is 382 g/mol. The SMILES string of the molecule is Cc1cc(C(C)NC(C)c2ccc(Br)cc2Br)c(C)o1. The van der Waals surface area contributed by atoms with E-state index < -0.39 is 0 Å². The van der Waals surface area contributed by atoms with Crippen LogP contribution in [0.2, 0.25) is 0 Å². The molecule has 2 rings (SSSR count). The molecule has 0 saturated heterocycles. The Labute approximate surface area is 137 Å². The first kappa shape index (κ1) is 15.8. The molecule has 1 aromatic carbocycles. The molecule has 0 aliphatic carbocycles. The van der Waals surface area contributed by atoms with Gasteiger partial charge in [0.1, 0.15) is 11.5 Å². The van der Waals surface area contributed by atoms with E-state index in [1.807, 2.05) is 13.8 Å². The molecule has 1 aromatic heterocycles. The van der Waals surface area contributed by atoms with Gasteiger partial charge < -0.3 is 9.73 Å². The summed E-state index contributed by atoms with van der Waals surface area (Å²) in [5.74, 6) is 1.95. The van der Waals surface area contributed by atoms with Crippen LogP contribution in [0.25, 0.3) is 0 Å². The average molecular weight is 401 g/mol. The van der Waals surface area contributed by atoms with Gasteiger partial charge in [0.05, 0.1) is 0 Å². The minimum Gasteiger partial charge on any atom is -0.466 e. The van der Waals surface area contributed by atoms with Gasteiger partial charge in [-0.1, -0.05) is 37.9 Å². The molecule has 20 heavy (non-hydrogen) atoms. The number of benzene rings is 1. The van der Waals surface area contributed by atoms with Crippen molar-refractivity contribution in [2.75, 3.05) is 0 Å². The molecule has 2 unspecified atom stereocenters. The van der Waals surface area contributed by atoms with Crippen molar-refractivity contribution in [3.8, 4) is 0 Å². The monoisotopic (exact) mass is 399 g/mol. The Hall–Kier alpha value is -0.580. The molecule has 0 radical (unpaired) electrons. The van der Waals surface area contributed by atoms with Crippen molar-refractivity contribution in [2.45, 2.75) is 39.8 Å². The average Bonchev–Trinajstić information content (AvgIpc) is 2.68. The number of rotatable bonds is 4. The second kappa shape index (κ2) is 6.46. The Kier molecular flexibility index (Phi) is 5.10. The largest absolute Gasteiger partial charge is 0.466 e. The van der Waals surface area contributed by atoms with Crippen LogP contribution in [0.15, 0.2) is 37.6 Å². The van der Waals surface area contributed by atoms with E-state index in [2.05, 4.69) is 75.3 Å². The van der Waals surface area contributed by atoms with Gasteiger partial charge in [-0.25, -0.2) is 0 Å². The van der Waals surface area contributed by atoms with Gasteiger partial charge in [0.2, 0.25) is 0 Å². The second-order valence-electron chi connectivity index (χ2n) is 5.14. The molecule has 0 amide bonds. The minimum atomic E-state index is 0.248. The number of hydrogen-bond acceptors (Lipinski definition) is 2. The molecule has 1 heterocycles. The van der Waals surface area contributed by atoms with E-state index in [0.717, 1.165) is 20.5 Å². The molecule has 0 spiro atoms. The van der Waals surface area contributed by atoms with Gasteiger partial charge in [-0.2, -0.15) is 0 Å². The summed E-state index contributed by atoms with van der Waals surface area (Å²) in [5.41, 5.74) is 2.47. The Morgan fingerprint density at radius 2 is 1.65 bits per heavy atom. The Bertz CT molecular complexity index is 607. The lowest BCUT2D eigenvalue weighted by molar-refractivity contribution is 0.468. The third-order valence-electron chi connectivity index (χ3n) is 3.47. The predicted octanol–water partition coefficient (Wildman–Crippen LogP) is 5.83. The number of hydrogen-bond donors (Lipinski definition) is 1. The van der Waals surface area contributed by atoms with Crippen LogP contribution in [0.1, 0.15) is 48.6 Å². The van der Waals surface area contributed by atoms with E-state index in [-0.39, 0.29) is 12.1 Å². The van der Waals surface area contributed by atoms with Crippen LogP contribution in [0.4, 0.5) is 0 Å². The number of aryl methyl sites for hydroxylation is 2. The van der Waals surface area contributed by atoms with Crippen LogP contribution in [0, 0.1) is 13.8 Å². The van der Waals surface area contributed by atoms with Crippen molar-refractivity contribution in [3.05, 3.63) is 55.9 Å². The fraction of sp³-hybridized carbons (Fsp3) is 0.375. The smallest absolute Gasteiger partial charge is 0.105 e. The van der Waals surface area contributed by atoms with Gasteiger partial charge in [-0.3, -0.25) is 0 Å². The predicted molar refractivity (Wildman–Crippen MR) is 90.0 cm³/mol. The van der Waals surface area contributed by atoms with Crippen molar-refractivity contribution in [1.82, 2.24) is 5.32 Å².